The van der Waals surface area contributed by atoms with Gasteiger partial charge in [0.15, 0.2) is 15.7 Å². The van der Waals surface area contributed by atoms with Crippen molar-refractivity contribution in [2.75, 3.05) is 11.0 Å². The van der Waals surface area contributed by atoms with Crippen LogP contribution in [0.25, 0.3) is 22.0 Å². The van der Waals surface area contributed by atoms with Gasteiger partial charge < -0.3 is 5.32 Å². The predicted octanol–water partition coefficient (Wildman–Crippen LogP) is 8.40. The van der Waals surface area contributed by atoms with Gasteiger partial charge in [0.1, 0.15) is 36.1 Å². The van der Waals surface area contributed by atoms with Gasteiger partial charge in [-0.3, -0.25) is 23.9 Å². The summed E-state index contributed by atoms with van der Waals surface area (Å²) in [5.74, 6) is -9.14. The van der Waals surface area contributed by atoms with Gasteiger partial charge >= 0.3 is 0 Å². The van der Waals surface area contributed by atoms with Crippen LogP contribution in [-0.2, 0) is 56.5 Å². The monoisotopic (exact) mass is 961 g/mol. The molecule has 2 aromatic carbocycles. The lowest BCUT2D eigenvalue weighted by Gasteiger charge is -2.26. The molecule has 344 valence electrons. The third-order valence-electron chi connectivity index (χ3n) is 11.9. The largest absolute Gasteiger partial charge is 0.346 e. The molecule has 64 heavy (non-hydrogen) atoms. The van der Waals surface area contributed by atoms with Crippen molar-refractivity contribution in [2.24, 2.45) is 5.92 Å². The number of amides is 1. The van der Waals surface area contributed by atoms with Crippen LogP contribution in [0, 0.1) is 17.6 Å². The number of hydrogen-bond donors (Lipinski definition) is 2. The van der Waals surface area contributed by atoms with Crippen LogP contribution in [0.5, 0.6) is 0 Å². The van der Waals surface area contributed by atoms with Crippen molar-refractivity contribution in [3.8, 4) is 11.1 Å². The van der Waals surface area contributed by atoms with E-state index in [1.54, 1.807) is 13.8 Å². The number of carbonyl (C=O) groups excluding carboxylic acids is 1. The number of halogens is 9. The number of rotatable bonds is 17. The number of benzene rings is 2. The molecule has 3 atom stereocenters. The number of nitrogens with one attached hydrogen (secondary N) is 2. The molecule has 2 N–H and O–H groups in total. The normalized spacial score (nSPS) is 18.7. The summed E-state index contributed by atoms with van der Waals surface area (Å²) >= 11 is 6.57. The average molecular weight is 962 g/mol. The highest BCUT2D eigenvalue weighted by molar-refractivity contribution is 7.93. The number of fused-ring (bicyclic) bond motifs is 4. The van der Waals surface area contributed by atoms with Gasteiger partial charge in [-0.05, 0) is 88.1 Å². The van der Waals surface area contributed by atoms with E-state index < -0.39 is 121 Å². The first kappa shape index (κ1) is 45.7. The fraction of sp³-hybridized carbons (Fsp3) is 0.463. The summed E-state index contributed by atoms with van der Waals surface area (Å²) in [6, 6.07) is 6.74. The number of sulfone groups is 1. The Balaban J connectivity index is 1.28. The van der Waals surface area contributed by atoms with Crippen molar-refractivity contribution in [1.82, 2.24) is 29.9 Å². The molecule has 2 fully saturated rings. The first-order valence-corrected chi connectivity index (χ1v) is 23.9. The third-order valence-corrected chi connectivity index (χ3v) is 15.9. The molecule has 5 aromatic rings. The lowest BCUT2D eigenvalue weighted by atomic mass is 9.93. The molecule has 0 saturated heterocycles. The molecule has 3 aliphatic carbocycles. The topological polar surface area (TPSA) is 158 Å². The fourth-order valence-electron chi connectivity index (χ4n) is 8.69. The number of carbonyl (C=O) groups is 1. The van der Waals surface area contributed by atoms with Gasteiger partial charge in [-0.15, -0.1) is 0 Å². The maximum atomic E-state index is 15.5. The first-order chi connectivity index (χ1) is 29.9. The van der Waals surface area contributed by atoms with Gasteiger partial charge in [-0.1, -0.05) is 23.7 Å². The number of aryl methyl sites for hydroxylation is 1. The smallest absolute Gasteiger partial charge is 0.293 e. The van der Waals surface area contributed by atoms with E-state index >= 15 is 8.78 Å². The highest BCUT2D eigenvalue weighted by atomic mass is 35.5. The number of alkyl halides is 6. The Morgan fingerprint density at radius 2 is 1.62 bits per heavy atom. The Morgan fingerprint density at radius 3 is 2.25 bits per heavy atom. The molecule has 8 rings (SSSR count). The molecule has 1 unspecified atom stereocenters. The van der Waals surface area contributed by atoms with Crippen molar-refractivity contribution in [1.29, 1.82) is 0 Å². The predicted molar refractivity (Wildman–Crippen MR) is 220 cm³/mol. The number of sulfonamides is 1. The third kappa shape index (κ3) is 8.68. The summed E-state index contributed by atoms with van der Waals surface area (Å²) in [4.78, 5) is 19.0. The molecular weight excluding hydrogens is 922 g/mol. The fourth-order valence-corrected chi connectivity index (χ4v) is 11.5. The summed E-state index contributed by atoms with van der Waals surface area (Å²) in [6.45, 7) is 1.08. The Labute approximate surface area is 366 Å². The zero-order valence-corrected chi connectivity index (χ0v) is 36.5. The minimum absolute atomic E-state index is 0.0243. The maximum Gasteiger partial charge on any atom is 0.293 e. The summed E-state index contributed by atoms with van der Waals surface area (Å²) in [5.41, 5.74) is -1.92. The van der Waals surface area contributed by atoms with Crippen LogP contribution in [0.4, 0.5) is 40.9 Å². The Morgan fingerprint density at radius 1 is 0.953 bits per heavy atom. The van der Waals surface area contributed by atoms with Crippen molar-refractivity contribution in [2.45, 2.75) is 106 Å². The standard InChI is InChI=1S/C41H40ClF8N7O5S2/c1-40(2,64(61,62)23-5-6-23)11-10-22-4-7-24(25-8-9-28(42)33-36(25)56(17-30(45)46)54-39(33)55-63(3,59)60)34(51-22)29(14-19-12-20(43)15-21(44)13-19)52-31(58)18-57-37-32(35(53-57)38(47)48)26-16-27(26)41(37,49)50/h4,7-9,12-13,15,23,26-27,29-30,38H,5-6,10-11,14,16-18H2,1-3H3,(H,52,58)(H,54,55)/t26?,27-,29+/m1/s1. The highest BCUT2D eigenvalue weighted by Crippen LogP contribution is 2.68. The van der Waals surface area contributed by atoms with Crippen LogP contribution in [-0.4, -0.2) is 70.0 Å². The molecule has 0 radical (unpaired) electrons. The number of aromatic nitrogens is 5. The molecule has 12 nitrogen and oxygen atoms in total. The molecule has 3 aromatic heterocycles. The van der Waals surface area contributed by atoms with Gasteiger partial charge in [-0.2, -0.15) is 19.0 Å². The summed E-state index contributed by atoms with van der Waals surface area (Å²) in [7, 11) is -7.64. The van der Waals surface area contributed by atoms with Crippen LogP contribution in [0.15, 0.2) is 42.5 Å². The van der Waals surface area contributed by atoms with Crippen LogP contribution in [0.2, 0.25) is 5.02 Å². The zero-order valence-electron chi connectivity index (χ0n) is 34.2. The second kappa shape index (κ2) is 16.2. The van der Waals surface area contributed by atoms with E-state index in [1.165, 1.54) is 24.3 Å². The highest BCUT2D eigenvalue weighted by Gasteiger charge is 2.67. The Kier molecular flexibility index (Phi) is 11.6. The van der Waals surface area contributed by atoms with Crippen LogP contribution < -0.4 is 10.0 Å². The number of hydrogen-bond acceptors (Lipinski definition) is 8. The molecule has 3 aliphatic rings. The van der Waals surface area contributed by atoms with Crippen molar-refractivity contribution >= 4 is 54.1 Å². The van der Waals surface area contributed by atoms with E-state index in [-0.39, 0.29) is 68.8 Å². The summed E-state index contributed by atoms with van der Waals surface area (Å²) < 4.78 is 171. The van der Waals surface area contributed by atoms with E-state index in [4.69, 9.17) is 16.6 Å². The maximum absolute atomic E-state index is 15.5. The van der Waals surface area contributed by atoms with Gasteiger partial charge in [0, 0.05) is 34.4 Å². The molecule has 3 heterocycles. The Hall–Kier alpha value is -4.83. The number of pyridine rings is 1. The second-order valence-corrected chi connectivity index (χ2v) is 22.2. The molecule has 0 spiro atoms. The summed E-state index contributed by atoms with van der Waals surface area (Å²) in [6.07, 6.45) is -4.82. The van der Waals surface area contributed by atoms with Crippen LogP contribution in [0.1, 0.15) is 91.8 Å². The Bertz CT molecular complexity index is 2900. The molecule has 0 aliphatic heterocycles. The van der Waals surface area contributed by atoms with E-state index in [9.17, 15) is 48.0 Å². The summed E-state index contributed by atoms with van der Waals surface area (Å²) in [5, 5.41) is 9.77. The van der Waals surface area contributed by atoms with Gasteiger partial charge in [0.2, 0.25) is 15.9 Å². The van der Waals surface area contributed by atoms with E-state index in [2.05, 4.69) is 20.2 Å². The second-order valence-electron chi connectivity index (χ2n) is 17.1. The lowest BCUT2D eigenvalue weighted by molar-refractivity contribution is -0.123. The molecule has 1 amide bonds. The van der Waals surface area contributed by atoms with Crippen molar-refractivity contribution in [3.63, 3.8) is 0 Å². The van der Waals surface area contributed by atoms with Gasteiger partial charge in [0.05, 0.1) is 43.9 Å². The van der Waals surface area contributed by atoms with Crippen LogP contribution in [0.3, 0.4) is 0 Å². The van der Waals surface area contributed by atoms with Gasteiger partial charge in [0.25, 0.3) is 18.8 Å². The minimum Gasteiger partial charge on any atom is -0.346 e. The average Bonchev–Trinajstić information content (AvgIpc) is 4.10. The van der Waals surface area contributed by atoms with E-state index in [1.807, 2.05) is 0 Å². The van der Waals surface area contributed by atoms with Crippen molar-refractivity contribution < 1.29 is 56.8 Å². The molecule has 0 bridgehead atoms. The molecular formula is C41H40ClF8N7O5S2. The lowest BCUT2D eigenvalue weighted by Crippen LogP contribution is -2.36. The van der Waals surface area contributed by atoms with Crippen LogP contribution >= 0.6 is 11.6 Å². The zero-order chi connectivity index (χ0) is 46.4. The first-order valence-electron chi connectivity index (χ1n) is 20.1. The number of nitrogens with zero attached hydrogens (tertiary/aromatic N) is 5. The van der Waals surface area contributed by atoms with Gasteiger partial charge in [-0.25, -0.2) is 43.2 Å². The van der Waals surface area contributed by atoms with Crippen molar-refractivity contribution in [3.05, 3.63) is 93.0 Å². The molecule has 2 saturated carbocycles. The minimum atomic E-state index is -4.06. The molecule has 23 heteroatoms. The number of anilines is 1. The SMILES string of the molecule is CC(C)(CCc1ccc(-c2ccc(Cl)c3c(NS(C)(=O)=O)nn(CC(F)F)c23)c([C@H](Cc2cc(F)cc(F)c2)NC(=O)Cn2nc(C(F)F)c3c2C(F)(F)[C@@H]2CC32)n1)S(=O)(=O)C1CC1. The van der Waals surface area contributed by atoms with E-state index in [0.717, 1.165) is 23.1 Å². The quantitative estimate of drug-likeness (QED) is 0.0881. The van der Waals surface area contributed by atoms with E-state index in [0.29, 0.717) is 23.6 Å².